The molecule has 4 rings (SSSR count). The number of methoxy groups -OCH3 is 2. The van der Waals surface area contributed by atoms with Crippen molar-refractivity contribution in [3.63, 3.8) is 0 Å². The lowest BCUT2D eigenvalue weighted by Crippen LogP contribution is -2.61. The zero-order chi connectivity index (χ0) is 48.9. The third kappa shape index (κ3) is 13.2. The Morgan fingerprint density at radius 1 is 0.908 bits per heavy atom. The zero-order valence-corrected chi connectivity index (χ0v) is 43.0. The number of likely N-dealkylation sites (N-methyl/N-ethyl adjacent to an activating group) is 1. The van der Waals surface area contributed by atoms with E-state index in [1.54, 1.807) is 27.9 Å². The molecule has 4 heterocycles. The van der Waals surface area contributed by atoms with Crippen LogP contribution in [0.1, 0.15) is 115 Å². The second-order valence-electron chi connectivity index (χ2n) is 20.8. The van der Waals surface area contributed by atoms with Crippen LogP contribution in [0.15, 0.2) is 0 Å². The minimum absolute atomic E-state index is 0.00643. The summed E-state index contributed by atoms with van der Waals surface area (Å²) in [5.41, 5.74) is -3.37. The lowest BCUT2D eigenvalue weighted by Gasteiger charge is -2.49. The largest absolute Gasteiger partial charge is 0.469 e. The molecule has 0 spiro atoms. The van der Waals surface area contributed by atoms with Crippen molar-refractivity contribution in [1.29, 1.82) is 0 Å². The molecule has 0 bridgehead atoms. The Labute approximate surface area is 390 Å². The van der Waals surface area contributed by atoms with Gasteiger partial charge in [0, 0.05) is 50.9 Å². The number of esters is 3. The van der Waals surface area contributed by atoms with E-state index in [4.69, 9.17) is 47.4 Å². The van der Waals surface area contributed by atoms with Gasteiger partial charge >= 0.3 is 17.9 Å². The summed E-state index contributed by atoms with van der Waals surface area (Å²) < 4.78 is 63.9. The van der Waals surface area contributed by atoms with Crippen LogP contribution >= 0.6 is 0 Å². The quantitative estimate of drug-likeness (QED) is 0.200. The first-order chi connectivity index (χ1) is 30.2. The number of aliphatic hydroxyl groups is 1. The normalized spacial score (nSPS) is 43.9. The van der Waals surface area contributed by atoms with Crippen LogP contribution in [-0.4, -0.2) is 191 Å². The molecule has 1 unspecified atom stereocenters. The SMILES string of the molecule is CC[C@H]1OC(=O)[C@H](C)[C@@H](O[C@H]2C[C@@](C)(OC)[C@@H](OC(C)=O)[C@H](C)O2)[C@H](C)[C@@H](O[C@@H]2O[C@H](C)C[C@H](N(C)C)[C@H]2OCCC(=O)OC)[C@](C)(O)C[C@@H](C)CN(C)[C@H](C)[C@H]2CC(N(C)C)O[C@@]21C. The predicted molar refractivity (Wildman–Crippen MR) is 243 cm³/mol. The number of hydrogen-bond donors (Lipinski definition) is 1. The number of carbonyl (C=O) groups is 3. The molecule has 19 atom stereocenters. The second-order valence-corrected chi connectivity index (χ2v) is 20.8. The van der Waals surface area contributed by atoms with Gasteiger partial charge in [0.1, 0.15) is 29.6 Å². The van der Waals surface area contributed by atoms with Crippen molar-refractivity contribution >= 4 is 17.9 Å². The van der Waals surface area contributed by atoms with Crippen molar-refractivity contribution in [2.45, 2.75) is 205 Å². The topological polar surface area (TPSA) is 173 Å². The highest BCUT2D eigenvalue weighted by atomic mass is 16.7. The molecular formula is C48H87N3O14. The van der Waals surface area contributed by atoms with Gasteiger partial charge in [0.25, 0.3) is 0 Å². The summed E-state index contributed by atoms with van der Waals surface area (Å²) in [6, 6.07) is -0.150. The third-order valence-electron chi connectivity index (χ3n) is 14.9. The molecule has 0 radical (unpaired) electrons. The van der Waals surface area contributed by atoms with E-state index in [9.17, 15) is 19.5 Å². The third-order valence-corrected chi connectivity index (χ3v) is 14.9. The van der Waals surface area contributed by atoms with Crippen molar-refractivity contribution in [2.75, 3.05) is 62.6 Å². The summed E-state index contributed by atoms with van der Waals surface area (Å²) >= 11 is 0. The van der Waals surface area contributed by atoms with E-state index in [-0.39, 0.29) is 55.7 Å². The number of rotatable bonds is 13. The van der Waals surface area contributed by atoms with Crippen molar-refractivity contribution in [2.24, 2.45) is 23.7 Å². The highest BCUT2D eigenvalue weighted by Crippen LogP contribution is 2.46. The number of carbonyl (C=O) groups excluding carboxylic acids is 3. The average molecular weight is 930 g/mol. The first-order valence-electron chi connectivity index (χ1n) is 23.9. The number of nitrogens with zero attached hydrogens (tertiary/aromatic N) is 3. The van der Waals surface area contributed by atoms with Crippen LogP contribution in [0, 0.1) is 23.7 Å². The lowest BCUT2D eigenvalue weighted by atomic mass is 9.77. The van der Waals surface area contributed by atoms with Gasteiger partial charge < -0.3 is 62.3 Å². The Kier molecular flexibility index (Phi) is 19.7. The fourth-order valence-corrected chi connectivity index (χ4v) is 11.2. The number of hydrogen-bond acceptors (Lipinski definition) is 17. The van der Waals surface area contributed by atoms with E-state index >= 15 is 0 Å². The average Bonchev–Trinajstić information content (AvgIpc) is 3.59. The van der Waals surface area contributed by atoms with E-state index in [2.05, 4.69) is 42.5 Å². The van der Waals surface area contributed by atoms with E-state index in [0.29, 0.717) is 25.8 Å². The van der Waals surface area contributed by atoms with Gasteiger partial charge in [0.15, 0.2) is 18.7 Å². The van der Waals surface area contributed by atoms with Crippen LogP contribution in [0.2, 0.25) is 0 Å². The summed E-state index contributed by atoms with van der Waals surface area (Å²) in [4.78, 5) is 45.9. The molecule has 0 aliphatic carbocycles. The number of cyclic esters (lactones) is 1. The smallest absolute Gasteiger partial charge is 0.311 e. The van der Waals surface area contributed by atoms with E-state index < -0.39 is 95.8 Å². The maximum absolute atomic E-state index is 15.0. The van der Waals surface area contributed by atoms with Crippen LogP contribution < -0.4 is 0 Å². The van der Waals surface area contributed by atoms with E-state index in [1.807, 2.05) is 55.9 Å². The Morgan fingerprint density at radius 2 is 1.57 bits per heavy atom. The van der Waals surface area contributed by atoms with Crippen molar-refractivity contribution in [1.82, 2.24) is 14.7 Å². The van der Waals surface area contributed by atoms with Crippen LogP contribution in [0.4, 0.5) is 0 Å². The second kappa shape index (κ2) is 23.1. The summed E-state index contributed by atoms with van der Waals surface area (Å²) in [5.74, 6) is -3.06. The van der Waals surface area contributed by atoms with Gasteiger partial charge in [-0.25, -0.2) is 0 Å². The Morgan fingerprint density at radius 3 is 2.14 bits per heavy atom. The highest BCUT2D eigenvalue weighted by Gasteiger charge is 2.57. The van der Waals surface area contributed by atoms with Crippen LogP contribution in [0.25, 0.3) is 0 Å². The van der Waals surface area contributed by atoms with Crippen LogP contribution in [-0.2, 0) is 61.8 Å². The van der Waals surface area contributed by atoms with Gasteiger partial charge in [0.2, 0.25) is 0 Å². The minimum Gasteiger partial charge on any atom is -0.469 e. The van der Waals surface area contributed by atoms with E-state index in [1.165, 1.54) is 14.0 Å². The summed E-state index contributed by atoms with van der Waals surface area (Å²) in [6.45, 7) is 21.6. The van der Waals surface area contributed by atoms with Crippen molar-refractivity contribution < 1.29 is 66.9 Å². The Bertz CT molecular complexity index is 1550. The molecule has 0 amide bonds. The molecular weight excluding hydrogens is 843 g/mol. The molecule has 1 N–H and O–H groups in total. The minimum atomic E-state index is -1.53. The number of fused-ring (bicyclic) bond motifs is 1. The Balaban J connectivity index is 1.87. The summed E-state index contributed by atoms with van der Waals surface area (Å²) in [6.07, 6.45) is -4.64. The van der Waals surface area contributed by atoms with Crippen LogP contribution in [0.5, 0.6) is 0 Å². The predicted octanol–water partition coefficient (Wildman–Crippen LogP) is 4.63. The molecule has 17 heteroatoms. The number of ether oxygens (including phenoxy) is 10. The summed E-state index contributed by atoms with van der Waals surface area (Å²) in [5, 5.41) is 13.0. The molecule has 378 valence electrons. The van der Waals surface area contributed by atoms with Gasteiger partial charge in [-0.1, -0.05) is 20.8 Å². The molecule has 0 aromatic carbocycles. The zero-order valence-electron chi connectivity index (χ0n) is 43.0. The maximum atomic E-state index is 15.0. The fraction of sp³-hybridized carbons (Fsp3) is 0.938. The molecule has 0 aromatic rings. The first kappa shape index (κ1) is 55.6. The molecule has 4 fully saturated rings. The molecule has 4 aliphatic rings. The standard InChI is InChI=1S/C48H87N3O14/c1-19-36-48(11)34(23-37(65-48)50(14)15)31(6)51(16)26-27(2)24-46(9,55)42(64-45-41(58-21-20-38(53)56-17)35(49(12)13)22-28(3)59-45)29(4)40(30(5)44(54)62-36)63-39-25-47(10,57-18)43(32(7)60-39)61-33(8)52/h27-32,34-37,39-43,45,55H,19-26H2,1-18H3/t27-,28-,29+,30-,31-,32+,34-,35+,36-,37?,39+,40+,41-,42-,43+,45+,46-,47-,48+/m1/s1. The van der Waals surface area contributed by atoms with Crippen LogP contribution in [0.3, 0.4) is 0 Å². The molecule has 65 heavy (non-hydrogen) atoms. The molecule has 4 aliphatic heterocycles. The first-order valence-corrected chi connectivity index (χ1v) is 23.9. The van der Waals surface area contributed by atoms with Gasteiger partial charge in [-0.15, -0.1) is 0 Å². The maximum Gasteiger partial charge on any atom is 0.311 e. The van der Waals surface area contributed by atoms with E-state index in [0.717, 1.165) is 6.42 Å². The van der Waals surface area contributed by atoms with Gasteiger partial charge in [0.05, 0.1) is 56.1 Å². The highest BCUT2D eigenvalue weighted by molar-refractivity contribution is 5.73. The summed E-state index contributed by atoms with van der Waals surface area (Å²) in [7, 11) is 12.9. The molecule has 0 aromatic heterocycles. The van der Waals surface area contributed by atoms with Gasteiger partial charge in [-0.3, -0.25) is 19.3 Å². The molecule has 0 saturated carbocycles. The van der Waals surface area contributed by atoms with Crippen molar-refractivity contribution in [3.8, 4) is 0 Å². The molecule has 4 saturated heterocycles. The van der Waals surface area contributed by atoms with Gasteiger partial charge in [-0.05, 0) is 115 Å². The Hall–Kier alpha value is -2.03. The van der Waals surface area contributed by atoms with Gasteiger partial charge in [-0.2, -0.15) is 0 Å². The molecule has 17 nitrogen and oxygen atoms in total. The fourth-order valence-electron chi connectivity index (χ4n) is 11.2. The lowest BCUT2D eigenvalue weighted by molar-refractivity contribution is -0.321. The monoisotopic (exact) mass is 930 g/mol. The van der Waals surface area contributed by atoms with Crippen molar-refractivity contribution in [3.05, 3.63) is 0 Å².